The smallest absolute Gasteiger partial charge is 0.202 e. The first-order valence-corrected chi connectivity index (χ1v) is 5.53. The lowest BCUT2D eigenvalue weighted by Gasteiger charge is -2.25. The maximum atomic E-state index is 11.8. The normalized spacial score (nSPS) is 14.8. The monoisotopic (exact) mass is 227 g/mol. The number of carbonyl (C=O) groups excluding carboxylic acids is 2. The van der Waals surface area contributed by atoms with E-state index in [4.69, 9.17) is 0 Å². The van der Waals surface area contributed by atoms with Crippen LogP contribution in [-0.4, -0.2) is 18.1 Å². The molecular weight excluding hydrogens is 214 g/mol. The predicted octanol–water partition coefficient (Wildman–Crippen LogP) is 2.10. The fraction of sp³-hybridized carbons (Fsp3) is 0.143. The zero-order chi connectivity index (χ0) is 12.3. The Balaban J connectivity index is 2.37. The fourth-order valence-corrected chi connectivity index (χ4v) is 1.81. The van der Waals surface area contributed by atoms with Crippen molar-refractivity contribution in [1.82, 2.24) is 0 Å². The molecule has 0 aliphatic heterocycles. The number of carbonyl (C=O) groups is 2. The molecule has 1 aromatic carbocycles. The Morgan fingerprint density at radius 2 is 1.76 bits per heavy atom. The zero-order valence-corrected chi connectivity index (χ0v) is 9.59. The minimum absolute atomic E-state index is 0.129. The summed E-state index contributed by atoms with van der Waals surface area (Å²) in [7, 11) is 0. The van der Waals surface area contributed by atoms with E-state index in [1.54, 1.807) is 0 Å². The van der Waals surface area contributed by atoms with E-state index < -0.39 is 0 Å². The molecule has 3 heteroatoms. The van der Waals surface area contributed by atoms with Gasteiger partial charge in [-0.25, -0.2) is 0 Å². The highest BCUT2D eigenvalue weighted by atomic mass is 16.1. The van der Waals surface area contributed by atoms with Gasteiger partial charge < -0.3 is 4.90 Å². The highest BCUT2D eigenvalue weighted by Gasteiger charge is 2.19. The average Bonchev–Trinajstić information content (AvgIpc) is 2.36. The van der Waals surface area contributed by atoms with Crippen LogP contribution in [0.4, 0.5) is 5.69 Å². The molecule has 3 nitrogen and oxygen atoms in total. The molecule has 0 bridgehead atoms. The van der Waals surface area contributed by atoms with E-state index in [9.17, 15) is 9.59 Å². The van der Waals surface area contributed by atoms with Gasteiger partial charge in [0.2, 0.25) is 5.78 Å². The van der Waals surface area contributed by atoms with Crippen LogP contribution in [0.15, 0.2) is 54.3 Å². The Morgan fingerprint density at radius 1 is 1.06 bits per heavy atom. The minimum Gasteiger partial charge on any atom is -0.338 e. The second-order valence-corrected chi connectivity index (χ2v) is 3.71. The summed E-state index contributed by atoms with van der Waals surface area (Å²) in [5, 5.41) is 0. The van der Waals surface area contributed by atoms with Gasteiger partial charge in [-0.2, -0.15) is 0 Å². The summed E-state index contributed by atoms with van der Waals surface area (Å²) in [6, 6.07) is 9.56. The van der Waals surface area contributed by atoms with Crippen molar-refractivity contribution in [3.8, 4) is 0 Å². The molecule has 1 aliphatic rings. The van der Waals surface area contributed by atoms with Gasteiger partial charge in [-0.3, -0.25) is 9.59 Å². The molecule has 0 amide bonds. The minimum atomic E-state index is -0.144. The second kappa shape index (κ2) is 4.78. The predicted molar refractivity (Wildman–Crippen MR) is 66.7 cm³/mol. The van der Waals surface area contributed by atoms with Crippen LogP contribution in [0, 0.1) is 0 Å². The summed E-state index contributed by atoms with van der Waals surface area (Å²) in [5.74, 6) is -0.274. The maximum absolute atomic E-state index is 11.8. The Morgan fingerprint density at radius 3 is 2.41 bits per heavy atom. The average molecular weight is 227 g/mol. The van der Waals surface area contributed by atoms with Crippen molar-refractivity contribution in [1.29, 1.82) is 0 Å². The number of hydrogen-bond acceptors (Lipinski definition) is 3. The molecule has 1 aromatic rings. The molecule has 0 heterocycles. The molecule has 17 heavy (non-hydrogen) atoms. The summed E-state index contributed by atoms with van der Waals surface area (Å²) >= 11 is 0. The molecule has 86 valence electrons. The summed E-state index contributed by atoms with van der Waals surface area (Å²) in [4.78, 5) is 24.9. The summed E-state index contributed by atoms with van der Waals surface area (Å²) < 4.78 is 0. The van der Waals surface area contributed by atoms with Gasteiger partial charge in [0.1, 0.15) is 0 Å². The summed E-state index contributed by atoms with van der Waals surface area (Å²) in [5.41, 5.74) is 1.35. The number of anilines is 1. The fourth-order valence-electron chi connectivity index (χ4n) is 1.81. The van der Waals surface area contributed by atoms with Crippen LogP contribution >= 0.6 is 0 Å². The zero-order valence-electron chi connectivity index (χ0n) is 9.59. The number of ketones is 2. The number of likely N-dealkylation sites (N-methyl/N-ethyl adjacent to an activating group) is 1. The lowest BCUT2D eigenvalue weighted by atomic mass is 10.1. The Bertz CT molecular complexity index is 500. The number of allylic oxidation sites excluding steroid dienone is 3. The van der Waals surface area contributed by atoms with E-state index in [2.05, 4.69) is 0 Å². The quantitative estimate of drug-likeness (QED) is 0.742. The number of benzene rings is 1. The molecule has 1 aliphatic carbocycles. The molecular formula is C14H13NO2. The number of rotatable bonds is 3. The molecule has 0 spiro atoms. The topological polar surface area (TPSA) is 37.4 Å². The first-order valence-electron chi connectivity index (χ1n) is 5.53. The molecule has 0 radical (unpaired) electrons. The van der Waals surface area contributed by atoms with Crippen LogP contribution in [0.1, 0.15) is 6.92 Å². The van der Waals surface area contributed by atoms with Gasteiger partial charge in [0.25, 0.3) is 0 Å². The van der Waals surface area contributed by atoms with Crippen molar-refractivity contribution in [3.05, 3.63) is 54.3 Å². The Labute approximate surface area is 100 Å². The Kier molecular flexibility index (Phi) is 3.19. The third-order valence-electron chi connectivity index (χ3n) is 2.61. The van der Waals surface area contributed by atoms with Crippen molar-refractivity contribution < 1.29 is 9.59 Å². The van der Waals surface area contributed by atoms with E-state index in [0.29, 0.717) is 12.2 Å². The van der Waals surface area contributed by atoms with Crippen LogP contribution in [0.5, 0.6) is 0 Å². The van der Waals surface area contributed by atoms with Crippen LogP contribution in [0.2, 0.25) is 0 Å². The molecule has 0 N–H and O–H groups in total. The molecule has 0 fully saturated rings. The van der Waals surface area contributed by atoms with E-state index in [1.807, 2.05) is 42.2 Å². The first-order chi connectivity index (χ1) is 8.22. The van der Waals surface area contributed by atoms with Crippen molar-refractivity contribution >= 4 is 17.3 Å². The van der Waals surface area contributed by atoms with Crippen molar-refractivity contribution in [2.75, 3.05) is 11.4 Å². The lowest BCUT2D eigenvalue weighted by molar-refractivity contribution is -0.114. The van der Waals surface area contributed by atoms with Gasteiger partial charge in [-0.1, -0.05) is 18.2 Å². The number of nitrogens with zero attached hydrogens (tertiary/aromatic N) is 1. The molecule has 0 aromatic heterocycles. The third kappa shape index (κ3) is 2.33. The van der Waals surface area contributed by atoms with Crippen molar-refractivity contribution in [3.63, 3.8) is 0 Å². The van der Waals surface area contributed by atoms with Crippen molar-refractivity contribution in [2.45, 2.75) is 6.92 Å². The first kappa shape index (κ1) is 11.3. The third-order valence-corrected chi connectivity index (χ3v) is 2.61. The van der Waals surface area contributed by atoms with Gasteiger partial charge in [0.15, 0.2) is 5.78 Å². The second-order valence-electron chi connectivity index (χ2n) is 3.71. The number of hydrogen-bond donors (Lipinski definition) is 0. The van der Waals surface area contributed by atoms with E-state index >= 15 is 0 Å². The highest BCUT2D eigenvalue weighted by molar-refractivity contribution is 6.18. The highest BCUT2D eigenvalue weighted by Crippen LogP contribution is 2.20. The molecule has 0 saturated heterocycles. The van der Waals surface area contributed by atoms with Crippen LogP contribution in [0.3, 0.4) is 0 Å². The van der Waals surface area contributed by atoms with Gasteiger partial charge in [-0.15, -0.1) is 0 Å². The Hall–Kier alpha value is -2.16. The van der Waals surface area contributed by atoms with Gasteiger partial charge in [-0.05, 0) is 31.2 Å². The number of para-hydroxylation sites is 1. The van der Waals surface area contributed by atoms with Gasteiger partial charge in [0.05, 0.1) is 5.70 Å². The standard InChI is InChI=1S/C14H13NO2/c1-2-15(11-6-4-3-5-7-11)13-10-12(16)8-9-14(13)17/h3-10H,2H2,1H3. The molecule has 0 atom stereocenters. The van der Waals surface area contributed by atoms with Crippen LogP contribution in [-0.2, 0) is 9.59 Å². The van der Waals surface area contributed by atoms with E-state index in [1.165, 1.54) is 18.2 Å². The van der Waals surface area contributed by atoms with Gasteiger partial charge in [0, 0.05) is 18.3 Å². The lowest BCUT2D eigenvalue weighted by Crippen LogP contribution is -2.28. The largest absolute Gasteiger partial charge is 0.338 e. The molecule has 0 unspecified atom stereocenters. The van der Waals surface area contributed by atoms with Crippen LogP contribution < -0.4 is 4.90 Å². The maximum Gasteiger partial charge on any atom is 0.202 e. The molecule has 2 rings (SSSR count). The summed E-state index contributed by atoms with van der Waals surface area (Å²) in [6.45, 7) is 2.59. The SMILES string of the molecule is CCN(C1=CC(=O)C=CC1=O)c1ccccc1. The molecule has 0 saturated carbocycles. The summed E-state index contributed by atoms with van der Waals surface area (Å²) in [6.07, 6.45) is 4.01. The van der Waals surface area contributed by atoms with Gasteiger partial charge >= 0.3 is 0 Å². The van der Waals surface area contributed by atoms with E-state index in [0.717, 1.165) is 5.69 Å². The van der Waals surface area contributed by atoms with Crippen molar-refractivity contribution in [2.24, 2.45) is 0 Å². The van der Waals surface area contributed by atoms with E-state index in [-0.39, 0.29) is 11.6 Å². The van der Waals surface area contributed by atoms with Crippen LogP contribution in [0.25, 0.3) is 0 Å².